The lowest BCUT2D eigenvalue weighted by Gasteiger charge is -1.82. The lowest BCUT2D eigenvalue weighted by atomic mass is 10.3. The van der Waals surface area contributed by atoms with Gasteiger partial charge < -0.3 is 5.11 Å². The van der Waals surface area contributed by atoms with Gasteiger partial charge in [0.1, 0.15) is 5.75 Å². The van der Waals surface area contributed by atoms with Crippen LogP contribution in [-0.4, -0.2) is 5.11 Å². The molecule has 0 aliphatic carbocycles. The Balaban J connectivity index is 0. The number of phenolic OH excluding ortho intramolecular Hbond substituents is 1. The minimum absolute atomic E-state index is 0. The van der Waals surface area contributed by atoms with E-state index in [1.807, 2.05) is 6.07 Å². The third kappa shape index (κ3) is 4.88. The first-order valence-electron chi connectivity index (χ1n) is 2.33. The molecule has 1 rings (SSSR count). The van der Waals surface area contributed by atoms with E-state index in [-0.39, 0.29) is 12.4 Å². The van der Waals surface area contributed by atoms with Gasteiger partial charge in [-0.15, -0.1) is 12.4 Å². The second kappa shape index (κ2) is 7.73. The molecule has 10 heavy (non-hydrogen) atoms. The average Bonchev–Trinajstić information content (AvgIpc) is 1.94. The van der Waals surface area contributed by atoms with E-state index < -0.39 is 0 Å². The van der Waals surface area contributed by atoms with Crippen molar-refractivity contribution >= 4 is 12.4 Å². The quantitative estimate of drug-likeness (QED) is 0.586. The van der Waals surface area contributed by atoms with Gasteiger partial charge in [-0.05, 0) is 12.1 Å². The Hall–Kier alpha value is -1.27. The Morgan fingerprint density at radius 2 is 1.40 bits per heavy atom. The number of hydrogen-bond donors (Lipinski definition) is 1. The summed E-state index contributed by atoms with van der Waals surface area (Å²) >= 11 is 0. The van der Waals surface area contributed by atoms with Crippen LogP contribution in [0.3, 0.4) is 0 Å². The molecule has 3 nitrogen and oxygen atoms in total. The van der Waals surface area contributed by atoms with Gasteiger partial charge in [-0.25, -0.2) is 0 Å². The molecule has 0 amide bonds. The number of benzene rings is 1. The predicted molar refractivity (Wildman–Crippen MR) is 38.8 cm³/mol. The molecular weight excluding hydrogens is 152 g/mol. The number of para-hydroxylation sites is 1. The molecule has 0 aromatic heterocycles. The molecule has 0 bridgehead atoms. The van der Waals surface area contributed by atoms with Crippen molar-refractivity contribution in [3.05, 3.63) is 30.3 Å². The summed E-state index contributed by atoms with van der Waals surface area (Å²) in [4.78, 5) is 0. The van der Waals surface area contributed by atoms with Crippen LogP contribution in [0, 0.1) is 10.8 Å². The van der Waals surface area contributed by atoms with Crippen LogP contribution in [0.5, 0.6) is 5.75 Å². The van der Waals surface area contributed by atoms with Gasteiger partial charge in [-0.2, -0.15) is 0 Å². The highest BCUT2D eigenvalue weighted by molar-refractivity contribution is 5.85. The molecule has 1 N–H and O–H groups in total. The predicted octanol–water partition coefficient (Wildman–Crippen LogP) is 1.84. The molecule has 0 saturated carbocycles. The average molecular weight is 159 g/mol. The summed E-state index contributed by atoms with van der Waals surface area (Å²) in [6.45, 7) is 0. The van der Waals surface area contributed by atoms with Gasteiger partial charge >= 0.3 is 0 Å². The summed E-state index contributed by atoms with van der Waals surface area (Å²) in [7, 11) is 0. The summed E-state index contributed by atoms with van der Waals surface area (Å²) in [5, 5.41) is 20.6. The highest BCUT2D eigenvalue weighted by Crippen LogP contribution is 2.02. The van der Waals surface area contributed by atoms with E-state index in [1.54, 1.807) is 24.3 Å². The molecule has 1 aromatic rings. The van der Waals surface area contributed by atoms with Crippen molar-refractivity contribution in [3.8, 4) is 5.75 Å². The molecule has 54 valence electrons. The van der Waals surface area contributed by atoms with Crippen LogP contribution in [0.15, 0.2) is 30.3 Å². The summed E-state index contributed by atoms with van der Waals surface area (Å²) in [5.74, 6) is 0.322. The van der Waals surface area contributed by atoms with E-state index in [0.29, 0.717) is 5.75 Å². The van der Waals surface area contributed by atoms with E-state index in [1.165, 1.54) is 0 Å². The Kier molecular flexibility index (Phi) is 8.90. The number of nitrogens with zero attached hydrogens (tertiary/aromatic N) is 2. The van der Waals surface area contributed by atoms with Gasteiger partial charge in [0, 0.05) is 10.8 Å². The van der Waals surface area contributed by atoms with Crippen LogP contribution in [0.25, 0.3) is 0 Å². The van der Waals surface area contributed by atoms with Gasteiger partial charge in [-0.1, -0.05) is 18.2 Å². The van der Waals surface area contributed by atoms with Crippen LogP contribution in [0.2, 0.25) is 0 Å². The third-order valence-corrected chi connectivity index (χ3v) is 0.756. The van der Waals surface area contributed by atoms with Crippen molar-refractivity contribution in [3.63, 3.8) is 0 Å². The van der Waals surface area contributed by atoms with E-state index in [4.69, 9.17) is 15.9 Å². The molecule has 0 unspecified atom stereocenters. The standard InChI is InChI=1S/C6H6O.ClH.N2/c7-6-4-2-1-3-5-6;;1-2/h1-5,7H;1H;. The van der Waals surface area contributed by atoms with E-state index in [0.717, 1.165) is 0 Å². The van der Waals surface area contributed by atoms with Gasteiger partial charge in [0.2, 0.25) is 0 Å². The topological polar surface area (TPSA) is 67.8 Å². The minimum atomic E-state index is 0. The second-order valence-corrected chi connectivity index (χ2v) is 1.34. The highest BCUT2D eigenvalue weighted by Gasteiger charge is 1.74. The van der Waals surface area contributed by atoms with Crippen LogP contribution < -0.4 is 0 Å². The molecular formula is C6H7ClN2O. The van der Waals surface area contributed by atoms with E-state index in [2.05, 4.69) is 0 Å². The van der Waals surface area contributed by atoms with Crippen LogP contribution in [0.1, 0.15) is 0 Å². The van der Waals surface area contributed by atoms with Crippen LogP contribution in [-0.2, 0) is 0 Å². The SMILES string of the molecule is Cl.N#N.Oc1ccccc1. The van der Waals surface area contributed by atoms with Crippen molar-refractivity contribution < 1.29 is 5.11 Å². The largest absolute Gasteiger partial charge is 0.508 e. The molecule has 0 atom stereocenters. The van der Waals surface area contributed by atoms with Crippen molar-refractivity contribution in [2.75, 3.05) is 0 Å². The molecule has 1 aromatic carbocycles. The van der Waals surface area contributed by atoms with Crippen molar-refractivity contribution in [2.45, 2.75) is 0 Å². The van der Waals surface area contributed by atoms with Gasteiger partial charge in [0.05, 0.1) is 0 Å². The Labute approximate surface area is 65.1 Å². The van der Waals surface area contributed by atoms with Gasteiger partial charge in [-0.3, -0.25) is 0 Å². The Morgan fingerprint density at radius 3 is 1.60 bits per heavy atom. The first-order valence-corrected chi connectivity index (χ1v) is 2.33. The lowest BCUT2D eigenvalue weighted by molar-refractivity contribution is 0.475. The minimum Gasteiger partial charge on any atom is -0.508 e. The molecule has 0 spiro atoms. The third-order valence-electron chi connectivity index (χ3n) is 0.756. The van der Waals surface area contributed by atoms with Crippen LogP contribution in [0.4, 0.5) is 0 Å². The number of phenols is 1. The maximum Gasteiger partial charge on any atom is 0.115 e. The molecule has 0 radical (unpaired) electrons. The number of halogens is 1. The smallest absolute Gasteiger partial charge is 0.115 e. The monoisotopic (exact) mass is 158 g/mol. The summed E-state index contributed by atoms with van der Waals surface area (Å²) < 4.78 is 0. The fraction of sp³-hybridized carbons (Fsp3) is 0. The zero-order valence-corrected chi connectivity index (χ0v) is 5.95. The number of aromatic hydroxyl groups is 1. The lowest BCUT2D eigenvalue weighted by Crippen LogP contribution is -1.56. The molecule has 0 fully saturated rings. The fourth-order valence-electron chi connectivity index (χ4n) is 0.428. The zero-order chi connectivity index (χ0) is 7.11. The van der Waals surface area contributed by atoms with Crippen molar-refractivity contribution in [2.24, 2.45) is 0 Å². The number of rotatable bonds is 0. The van der Waals surface area contributed by atoms with Crippen molar-refractivity contribution in [1.29, 1.82) is 10.8 Å². The van der Waals surface area contributed by atoms with Crippen molar-refractivity contribution in [1.82, 2.24) is 0 Å². The summed E-state index contributed by atoms with van der Waals surface area (Å²) in [5.41, 5.74) is 0. The zero-order valence-electron chi connectivity index (χ0n) is 5.14. The molecule has 4 heteroatoms. The highest BCUT2D eigenvalue weighted by atomic mass is 35.5. The molecule has 0 saturated heterocycles. The molecule has 0 aliphatic heterocycles. The van der Waals surface area contributed by atoms with Gasteiger partial charge in [0.25, 0.3) is 0 Å². The number of hydrogen-bond acceptors (Lipinski definition) is 3. The normalized spacial score (nSPS) is 6.20. The first kappa shape index (κ1) is 11.5. The summed E-state index contributed by atoms with van der Waals surface area (Å²) in [6.07, 6.45) is 0. The van der Waals surface area contributed by atoms with Gasteiger partial charge in [0.15, 0.2) is 0 Å². The first-order chi connectivity index (χ1) is 4.39. The van der Waals surface area contributed by atoms with E-state index >= 15 is 0 Å². The molecule has 0 aliphatic rings. The maximum atomic E-state index is 8.63. The fourth-order valence-corrected chi connectivity index (χ4v) is 0.428. The Bertz CT molecular complexity index is 176. The maximum absolute atomic E-state index is 8.63. The van der Waals surface area contributed by atoms with E-state index in [9.17, 15) is 0 Å². The Morgan fingerprint density at radius 1 is 1.00 bits per heavy atom. The summed E-state index contributed by atoms with van der Waals surface area (Å²) in [6, 6.07) is 8.71. The second-order valence-electron chi connectivity index (χ2n) is 1.34. The van der Waals surface area contributed by atoms with Crippen LogP contribution >= 0.6 is 12.4 Å². The molecule has 0 heterocycles.